The summed E-state index contributed by atoms with van der Waals surface area (Å²) in [4.78, 5) is 14.7. The van der Waals surface area contributed by atoms with Gasteiger partial charge in [0.1, 0.15) is 0 Å². The van der Waals surface area contributed by atoms with Crippen molar-refractivity contribution in [2.24, 2.45) is 0 Å². The maximum absolute atomic E-state index is 10.6. The van der Waals surface area contributed by atoms with E-state index < -0.39 is 0 Å². The zero-order valence-electron chi connectivity index (χ0n) is 7.36. The Hall–Kier alpha value is -1.16. The number of hydrogen-bond acceptors (Lipinski definition) is 3. The van der Waals surface area contributed by atoms with E-state index in [1.54, 1.807) is 0 Å². The van der Waals surface area contributed by atoms with Crippen LogP contribution < -0.4 is 0 Å². The molecule has 0 aliphatic carbocycles. The van der Waals surface area contributed by atoms with Crippen molar-refractivity contribution in [3.63, 3.8) is 0 Å². The van der Waals surface area contributed by atoms with Gasteiger partial charge in [-0.3, -0.25) is 4.79 Å². The van der Waals surface area contributed by atoms with E-state index in [0.29, 0.717) is 11.5 Å². The first kappa shape index (κ1) is 8.44. The molecule has 1 aliphatic heterocycles. The first-order chi connectivity index (χ1) is 6.36. The van der Waals surface area contributed by atoms with Crippen LogP contribution in [0, 0.1) is 0 Å². The molecule has 70 valence electrons. The summed E-state index contributed by atoms with van der Waals surface area (Å²) in [7, 11) is 0. The Labute approximate surface area is 76.2 Å². The minimum absolute atomic E-state index is 0.0663. The molecule has 13 heavy (non-hydrogen) atoms. The average molecular weight is 180 g/mol. The fourth-order valence-corrected chi connectivity index (χ4v) is 1.86. The van der Waals surface area contributed by atoms with Crippen LogP contribution in [0.2, 0.25) is 0 Å². The third-order valence-corrected chi connectivity index (χ3v) is 2.49. The van der Waals surface area contributed by atoms with Gasteiger partial charge in [0, 0.05) is 12.2 Å². The molecule has 0 aromatic carbocycles. The highest BCUT2D eigenvalue weighted by molar-refractivity contribution is 5.70. The van der Waals surface area contributed by atoms with Gasteiger partial charge in [0.05, 0.1) is 12.3 Å². The van der Waals surface area contributed by atoms with Crippen LogP contribution in [0.15, 0.2) is 0 Å². The number of carbonyl (C=O) groups excluding carboxylic acids is 1. The molecule has 0 amide bonds. The number of imidazole rings is 1. The molecule has 1 N–H and O–H groups in total. The first-order valence-corrected chi connectivity index (χ1v) is 4.51. The Morgan fingerprint density at radius 3 is 3.08 bits per heavy atom. The van der Waals surface area contributed by atoms with Crippen molar-refractivity contribution < 1.29 is 9.90 Å². The zero-order valence-corrected chi connectivity index (χ0v) is 7.36. The van der Waals surface area contributed by atoms with Gasteiger partial charge in [-0.25, -0.2) is 4.98 Å². The molecule has 2 rings (SSSR count). The lowest BCUT2D eigenvalue weighted by Gasteiger charge is -2.15. The van der Waals surface area contributed by atoms with Crippen LogP contribution in [0.5, 0.6) is 0 Å². The predicted molar refractivity (Wildman–Crippen MR) is 46.5 cm³/mol. The summed E-state index contributed by atoms with van der Waals surface area (Å²) in [5.74, 6) is 0.457. The molecule has 1 aliphatic rings. The fraction of sp³-hybridized carbons (Fsp3) is 0.556. The summed E-state index contributed by atoms with van der Waals surface area (Å²) in [6.45, 7) is 0.791. The number of hydrogen-bond donors (Lipinski definition) is 1. The molecule has 1 aromatic rings. The second-order valence-electron chi connectivity index (χ2n) is 3.25. The average Bonchev–Trinajstić information content (AvgIpc) is 2.56. The third kappa shape index (κ3) is 1.27. The van der Waals surface area contributed by atoms with Gasteiger partial charge in [-0.1, -0.05) is 0 Å². The highest BCUT2D eigenvalue weighted by atomic mass is 16.3. The minimum Gasteiger partial charge on any atom is -0.390 e. The maximum atomic E-state index is 10.6. The van der Waals surface area contributed by atoms with Crippen molar-refractivity contribution in [2.45, 2.75) is 32.4 Å². The molecule has 0 atom stereocenters. The van der Waals surface area contributed by atoms with Crippen LogP contribution in [0.25, 0.3) is 0 Å². The molecule has 4 heteroatoms. The van der Waals surface area contributed by atoms with Crippen molar-refractivity contribution in [3.8, 4) is 0 Å². The van der Waals surface area contributed by atoms with Crippen molar-refractivity contribution in [1.29, 1.82) is 0 Å². The van der Waals surface area contributed by atoms with E-state index in [-0.39, 0.29) is 6.61 Å². The fourth-order valence-electron chi connectivity index (χ4n) is 1.86. The predicted octanol–water partition coefficient (Wildman–Crippen LogP) is 0.524. The van der Waals surface area contributed by atoms with Crippen LogP contribution in [-0.4, -0.2) is 20.9 Å². The highest BCUT2D eigenvalue weighted by Gasteiger charge is 2.18. The Bertz CT molecular complexity index is 331. The first-order valence-electron chi connectivity index (χ1n) is 4.51. The van der Waals surface area contributed by atoms with E-state index in [2.05, 4.69) is 4.98 Å². The standard InChI is InChI=1S/C9H12N2O2/c12-5-7-8-3-1-2-4-11(8)9(6-13)10-7/h6,12H,1-5H2. The van der Waals surface area contributed by atoms with Gasteiger partial charge in [0.15, 0.2) is 12.1 Å². The van der Waals surface area contributed by atoms with Crippen LogP contribution in [-0.2, 0) is 19.6 Å². The molecule has 0 unspecified atom stereocenters. The Balaban J connectivity index is 2.50. The number of aldehydes is 1. The number of aliphatic hydroxyl groups is 1. The van der Waals surface area contributed by atoms with Gasteiger partial charge >= 0.3 is 0 Å². The number of carbonyl (C=O) groups is 1. The molecule has 0 saturated carbocycles. The van der Waals surface area contributed by atoms with Gasteiger partial charge in [0.25, 0.3) is 0 Å². The van der Waals surface area contributed by atoms with Crippen molar-refractivity contribution in [3.05, 3.63) is 17.2 Å². The summed E-state index contributed by atoms with van der Waals surface area (Å²) in [5, 5.41) is 9.01. The van der Waals surface area contributed by atoms with Crippen LogP contribution in [0.4, 0.5) is 0 Å². The van der Waals surface area contributed by atoms with Gasteiger partial charge in [-0.05, 0) is 19.3 Å². The number of rotatable bonds is 2. The molecular weight excluding hydrogens is 168 g/mol. The Morgan fingerprint density at radius 1 is 1.54 bits per heavy atom. The normalized spacial score (nSPS) is 15.5. The Kier molecular flexibility index (Phi) is 2.14. The summed E-state index contributed by atoms with van der Waals surface area (Å²) in [6.07, 6.45) is 3.90. The van der Waals surface area contributed by atoms with Crippen LogP contribution in [0.3, 0.4) is 0 Å². The molecule has 0 saturated heterocycles. The van der Waals surface area contributed by atoms with E-state index in [0.717, 1.165) is 37.8 Å². The van der Waals surface area contributed by atoms with Gasteiger partial charge < -0.3 is 9.67 Å². The molecule has 0 spiro atoms. The summed E-state index contributed by atoms with van der Waals surface area (Å²) >= 11 is 0. The van der Waals surface area contributed by atoms with E-state index in [4.69, 9.17) is 5.11 Å². The van der Waals surface area contributed by atoms with E-state index in [1.165, 1.54) is 0 Å². The van der Waals surface area contributed by atoms with Gasteiger partial charge in [-0.2, -0.15) is 0 Å². The maximum Gasteiger partial charge on any atom is 0.185 e. The lowest BCUT2D eigenvalue weighted by atomic mass is 10.1. The Morgan fingerprint density at radius 2 is 2.38 bits per heavy atom. The highest BCUT2D eigenvalue weighted by Crippen LogP contribution is 2.19. The number of nitrogens with zero attached hydrogens (tertiary/aromatic N) is 2. The molecule has 0 bridgehead atoms. The number of aromatic nitrogens is 2. The summed E-state index contributed by atoms with van der Waals surface area (Å²) in [5.41, 5.74) is 1.71. The van der Waals surface area contributed by atoms with Gasteiger partial charge in [-0.15, -0.1) is 0 Å². The van der Waals surface area contributed by atoms with Gasteiger partial charge in [0.2, 0.25) is 0 Å². The second-order valence-corrected chi connectivity index (χ2v) is 3.25. The molecule has 2 heterocycles. The summed E-state index contributed by atoms with van der Waals surface area (Å²) < 4.78 is 1.92. The van der Waals surface area contributed by atoms with E-state index in [9.17, 15) is 4.79 Å². The quantitative estimate of drug-likeness (QED) is 0.675. The van der Waals surface area contributed by atoms with Crippen molar-refractivity contribution in [1.82, 2.24) is 9.55 Å². The minimum atomic E-state index is -0.0663. The van der Waals surface area contributed by atoms with E-state index >= 15 is 0 Å². The smallest absolute Gasteiger partial charge is 0.185 e. The number of fused-ring (bicyclic) bond motifs is 1. The molecular formula is C9H12N2O2. The monoisotopic (exact) mass is 180 g/mol. The summed E-state index contributed by atoms with van der Waals surface area (Å²) in [6, 6.07) is 0. The van der Waals surface area contributed by atoms with E-state index in [1.807, 2.05) is 4.57 Å². The zero-order chi connectivity index (χ0) is 9.26. The molecule has 0 fully saturated rings. The molecule has 1 aromatic heterocycles. The topological polar surface area (TPSA) is 55.1 Å². The molecule has 0 radical (unpaired) electrons. The van der Waals surface area contributed by atoms with Crippen LogP contribution in [0.1, 0.15) is 34.8 Å². The second kappa shape index (κ2) is 3.30. The SMILES string of the molecule is O=Cc1nc(CO)c2n1CCCC2. The number of aliphatic hydroxyl groups excluding tert-OH is 1. The lowest BCUT2D eigenvalue weighted by Crippen LogP contribution is -2.13. The lowest BCUT2D eigenvalue weighted by molar-refractivity contribution is 0.111. The largest absolute Gasteiger partial charge is 0.390 e. The van der Waals surface area contributed by atoms with Crippen LogP contribution >= 0.6 is 0 Å². The van der Waals surface area contributed by atoms with Crippen molar-refractivity contribution >= 4 is 6.29 Å². The third-order valence-electron chi connectivity index (χ3n) is 2.49. The van der Waals surface area contributed by atoms with Crippen molar-refractivity contribution in [2.75, 3.05) is 0 Å². The molecule has 4 nitrogen and oxygen atoms in total.